The molecule has 0 radical (unpaired) electrons. The minimum atomic E-state index is -0.277. The molecule has 1 aromatic carbocycles. The third-order valence-electron chi connectivity index (χ3n) is 4.76. The maximum Gasteiger partial charge on any atom is 0.0572 e. The van der Waals surface area contributed by atoms with Crippen molar-refractivity contribution in [1.82, 2.24) is 0 Å². The van der Waals surface area contributed by atoms with Crippen molar-refractivity contribution in [3.05, 3.63) is 35.9 Å². The van der Waals surface area contributed by atoms with Crippen LogP contribution in [0.1, 0.15) is 37.7 Å². The first-order valence-corrected chi connectivity index (χ1v) is 8.09. The average molecular weight is 292 g/mol. The van der Waals surface area contributed by atoms with Gasteiger partial charge in [-0.1, -0.05) is 30.3 Å². The minimum Gasteiger partial charge on any atom is -0.393 e. The van der Waals surface area contributed by atoms with Crippen LogP contribution in [-0.2, 0) is 11.2 Å². The standard InChI is InChI=1S/C18H28O3/c1-21-13-15-8-12-18(20)17(15)11-10-16(19)9-7-14-5-3-2-4-6-14/h2-6,15-20H,7-13H2,1H3/t15-,16+,17-,18-/m1/s1. The van der Waals surface area contributed by atoms with E-state index in [1.165, 1.54) is 5.56 Å². The van der Waals surface area contributed by atoms with E-state index < -0.39 is 0 Å². The van der Waals surface area contributed by atoms with Crippen molar-refractivity contribution in [1.29, 1.82) is 0 Å². The fraction of sp³-hybridized carbons (Fsp3) is 0.667. The monoisotopic (exact) mass is 292 g/mol. The summed E-state index contributed by atoms with van der Waals surface area (Å²) in [5.74, 6) is 0.739. The van der Waals surface area contributed by atoms with E-state index in [9.17, 15) is 10.2 Å². The number of hydrogen-bond donors (Lipinski definition) is 2. The number of aliphatic hydroxyl groups is 2. The summed E-state index contributed by atoms with van der Waals surface area (Å²) in [7, 11) is 1.72. The number of ether oxygens (including phenoxy) is 1. The minimum absolute atomic E-state index is 0.216. The highest BCUT2D eigenvalue weighted by Crippen LogP contribution is 2.36. The molecule has 4 atom stereocenters. The Kier molecular flexibility index (Phi) is 6.68. The van der Waals surface area contributed by atoms with E-state index >= 15 is 0 Å². The first kappa shape index (κ1) is 16.5. The summed E-state index contributed by atoms with van der Waals surface area (Å²) in [5, 5.41) is 20.2. The molecule has 0 saturated heterocycles. The number of aryl methyl sites for hydroxylation is 1. The van der Waals surface area contributed by atoms with Gasteiger partial charge in [-0.2, -0.15) is 0 Å². The molecule has 0 amide bonds. The van der Waals surface area contributed by atoms with Crippen LogP contribution in [-0.4, -0.2) is 36.1 Å². The molecule has 1 fully saturated rings. The van der Waals surface area contributed by atoms with Gasteiger partial charge >= 0.3 is 0 Å². The Morgan fingerprint density at radius 2 is 1.95 bits per heavy atom. The molecule has 21 heavy (non-hydrogen) atoms. The number of hydrogen-bond acceptors (Lipinski definition) is 3. The maximum atomic E-state index is 10.2. The van der Waals surface area contributed by atoms with Crippen molar-refractivity contribution in [3.8, 4) is 0 Å². The van der Waals surface area contributed by atoms with E-state index in [0.717, 1.165) is 45.1 Å². The van der Waals surface area contributed by atoms with E-state index in [1.807, 2.05) is 18.2 Å². The van der Waals surface area contributed by atoms with Gasteiger partial charge in [-0.05, 0) is 55.9 Å². The quantitative estimate of drug-likeness (QED) is 0.774. The zero-order valence-corrected chi connectivity index (χ0v) is 12.9. The Morgan fingerprint density at radius 1 is 1.19 bits per heavy atom. The molecule has 0 bridgehead atoms. The highest BCUT2D eigenvalue weighted by molar-refractivity contribution is 5.14. The lowest BCUT2D eigenvalue weighted by molar-refractivity contribution is 0.0628. The van der Waals surface area contributed by atoms with Gasteiger partial charge in [0.25, 0.3) is 0 Å². The second kappa shape index (κ2) is 8.52. The van der Waals surface area contributed by atoms with Gasteiger partial charge in [0.05, 0.1) is 12.2 Å². The average Bonchev–Trinajstić information content (AvgIpc) is 2.85. The lowest BCUT2D eigenvalue weighted by Gasteiger charge is -2.22. The van der Waals surface area contributed by atoms with E-state index in [4.69, 9.17) is 4.74 Å². The van der Waals surface area contributed by atoms with Crippen LogP contribution in [0.25, 0.3) is 0 Å². The third kappa shape index (κ3) is 5.10. The highest BCUT2D eigenvalue weighted by atomic mass is 16.5. The number of aliphatic hydroxyl groups excluding tert-OH is 2. The van der Waals surface area contributed by atoms with E-state index in [1.54, 1.807) is 7.11 Å². The molecule has 2 rings (SSSR count). The van der Waals surface area contributed by atoms with Gasteiger partial charge in [0.1, 0.15) is 0 Å². The first-order chi connectivity index (χ1) is 10.2. The molecule has 1 aliphatic rings. The van der Waals surface area contributed by atoms with Crippen LogP contribution in [0.2, 0.25) is 0 Å². The van der Waals surface area contributed by atoms with Crippen molar-refractivity contribution in [2.45, 2.75) is 50.7 Å². The lowest BCUT2D eigenvalue weighted by atomic mass is 9.89. The predicted molar refractivity (Wildman–Crippen MR) is 84.1 cm³/mol. The molecule has 0 aliphatic heterocycles. The second-order valence-corrected chi connectivity index (χ2v) is 6.28. The zero-order valence-electron chi connectivity index (χ0n) is 12.9. The molecule has 2 N–H and O–H groups in total. The molecule has 0 unspecified atom stereocenters. The van der Waals surface area contributed by atoms with Gasteiger partial charge in [0, 0.05) is 13.7 Å². The van der Waals surface area contributed by atoms with E-state index in [2.05, 4.69) is 12.1 Å². The molecule has 0 heterocycles. The van der Waals surface area contributed by atoms with Crippen LogP contribution in [0.4, 0.5) is 0 Å². The Bertz CT molecular complexity index is 391. The summed E-state index contributed by atoms with van der Waals surface area (Å²) < 4.78 is 5.24. The molecule has 118 valence electrons. The second-order valence-electron chi connectivity index (χ2n) is 6.28. The number of methoxy groups -OCH3 is 1. The van der Waals surface area contributed by atoms with Crippen LogP contribution >= 0.6 is 0 Å². The van der Waals surface area contributed by atoms with Gasteiger partial charge in [-0.3, -0.25) is 0 Å². The van der Waals surface area contributed by atoms with Gasteiger partial charge < -0.3 is 14.9 Å². The normalized spacial score (nSPS) is 26.9. The largest absolute Gasteiger partial charge is 0.393 e. The summed E-state index contributed by atoms with van der Waals surface area (Å²) >= 11 is 0. The summed E-state index contributed by atoms with van der Waals surface area (Å²) in [6.07, 6.45) is 4.80. The fourth-order valence-corrected chi connectivity index (χ4v) is 3.48. The van der Waals surface area contributed by atoms with Gasteiger partial charge in [0.15, 0.2) is 0 Å². The summed E-state index contributed by atoms with van der Waals surface area (Å²) in [4.78, 5) is 0. The summed E-state index contributed by atoms with van der Waals surface area (Å²) in [6.45, 7) is 0.724. The van der Waals surface area contributed by atoms with Gasteiger partial charge in [-0.25, -0.2) is 0 Å². The van der Waals surface area contributed by atoms with Crippen LogP contribution in [0, 0.1) is 11.8 Å². The van der Waals surface area contributed by atoms with Gasteiger partial charge in [-0.15, -0.1) is 0 Å². The molecule has 1 saturated carbocycles. The molecular weight excluding hydrogens is 264 g/mol. The Labute approximate surface area is 128 Å². The topological polar surface area (TPSA) is 49.7 Å². The molecule has 1 aromatic rings. The van der Waals surface area contributed by atoms with E-state index in [0.29, 0.717) is 5.92 Å². The van der Waals surface area contributed by atoms with Crippen molar-refractivity contribution >= 4 is 0 Å². The molecular formula is C18H28O3. The molecule has 1 aliphatic carbocycles. The summed E-state index contributed by atoms with van der Waals surface area (Å²) in [6, 6.07) is 10.3. The lowest BCUT2D eigenvalue weighted by Crippen LogP contribution is -2.24. The fourth-order valence-electron chi connectivity index (χ4n) is 3.48. The number of benzene rings is 1. The molecule has 3 heteroatoms. The van der Waals surface area contributed by atoms with Crippen molar-refractivity contribution in [2.75, 3.05) is 13.7 Å². The smallest absolute Gasteiger partial charge is 0.0572 e. The third-order valence-corrected chi connectivity index (χ3v) is 4.76. The van der Waals surface area contributed by atoms with Crippen LogP contribution in [0.15, 0.2) is 30.3 Å². The maximum absolute atomic E-state index is 10.2. The molecule has 0 aromatic heterocycles. The van der Waals surface area contributed by atoms with Crippen LogP contribution < -0.4 is 0 Å². The first-order valence-electron chi connectivity index (χ1n) is 8.09. The Hall–Kier alpha value is -0.900. The SMILES string of the molecule is COC[C@H]1CC[C@@H](O)[C@@H]1CC[C@@H](O)CCc1ccccc1. The van der Waals surface area contributed by atoms with Crippen molar-refractivity contribution in [3.63, 3.8) is 0 Å². The summed E-state index contributed by atoms with van der Waals surface area (Å²) in [5.41, 5.74) is 1.27. The van der Waals surface area contributed by atoms with Crippen LogP contribution in [0.5, 0.6) is 0 Å². The number of rotatable bonds is 8. The molecule has 0 spiro atoms. The van der Waals surface area contributed by atoms with Crippen molar-refractivity contribution in [2.24, 2.45) is 11.8 Å². The van der Waals surface area contributed by atoms with Gasteiger partial charge in [0.2, 0.25) is 0 Å². The van der Waals surface area contributed by atoms with Crippen LogP contribution in [0.3, 0.4) is 0 Å². The predicted octanol–water partition coefficient (Wildman–Crippen LogP) is 2.79. The van der Waals surface area contributed by atoms with E-state index in [-0.39, 0.29) is 18.1 Å². The van der Waals surface area contributed by atoms with Crippen molar-refractivity contribution < 1.29 is 14.9 Å². The Morgan fingerprint density at radius 3 is 2.67 bits per heavy atom. The molecule has 3 nitrogen and oxygen atoms in total. The zero-order chi connectivity index (χ0) is 15.1. The highest BCUT2D eigenvalue weighted by Gasteiger charge is 2.34. The Balaban J connectivity index is 1.71.